The molecule has 0 bridgehead atoms. The van der Waals surface area contributed by atoms with Crippen molar-refractivity contribution in [3.05, 3.63) is 11.6 Å². The van der Waals surface area contributed by atoms with Gasteiger partial charge in [0, 0.05) is 0 Å². The molecule has 0 aromatic rings. The fraction of sp³-hybridized carbons (Fsp3) is 0.905. The molecule has 24 heavy (non-hydrogen) atoms. The summed E-state index contributed by atoms with van der Waals surface area (Å²) in [6.45, 7) is 16.1. The third kappa shape index (κ3) is 4.73. The van der Waals surface area contributed by atoms with Gasteiger partial charge in [-0.3, -0.25) is 0 Å². The molecule has 2 aliphatic rings. The van der Waals surface area contributed by atoms with Gasteiger partial charge in [0.05, 0.1) is 11.7 Å². The molecule has 0 aromatic carbocycles. The first kappa shape index (κ1) is 20.2. The number of aliphatic hydroxyl groups is 1. The van der Waals surface area contributed by atoms with Crippen molar-refractivity contribution in [3.63, 3.8) is 0 Å². The first-order valence-corrected chi connectivity index (χ1v) is 13.4. The lowest BCUT2D eigenvalue weighted by Crippen LogP contribution is -2.39. The number of aliphatic hydroxyl groups excluding tert-OH is 1. The Hall–Kier alpha value is -0.123. The summed E-state index contributed by atoms with van der Waals surface area (Å²) in [7, 11) is -1.48. The van der Waals surface area contributed by atoms with Crippen LogP contribution in [0.2, 0.25) is 19.6 Å². The van der Waals surface area contributed by atoms with Gasteiger partial charge in [0.15, 0.2) is 8.32 Å². The van der Waals surface area contributed by atoms with Crippen molar-refractivity contribution in [1.82, 2.24) is 0 Å². The predicted octanol–water partition coefficient (Wildman–Crippen LogP) is 5.92. The summed E-state index contributed by atoms with van der Waals surface area (Å²) < 4.78 is 6.34. The number of fused-ring (bicyclic) bond motifs is 1. The van der Waals surface area contributed by atoms with E-state index >= 15 is 0 Å². The number of hydrogen-bond acceptors (Lipinski definition) is 2. The Labute approximate surface area is 151 Å². The molecule has 2 unspecified atom stereocenters. The van der Waals surface area contributed by atoms with Crippen LogP contribution in [0.15, 0.2) is 11.6 Å². The van der Waals surface area contributed by atoms with E-state index in [-0.39, 0.29) is 17.1 Å². The van der Waals surface area contributed by atoms with E-state index in [0.29, 0.717) is 11.8 Å². The highest BCUT2D eigenvalue weighted by molar-refractivity contribution is 6.69. The highest BCUT2D eigenvalue weighted by Gasteiger charge is 2.47. The van der Waals surface area contributed by atoms with Crippen LogP contribution in [0.4, 0.5) is 0 Å². The molecule has 0 aliphatic heterocycles. The van der Waals surface area contributed by atoms with Crippen LogP contribution >= 0.6 is 0 Å². The number of allylic oxidation sites excluding steroid dienone is 2. The third-order valence-electron chi connectivity index (χ3n) is 6.26. The highest BCUT2D eigenvalue weighted by atomic mass is 28.4. The summed E-state index contributed by atoms with van der Waals surface area (Å²) in [5, 5.41) is 10.4. The molecule has 2 rings (SSSR count). The average Bonchev–Trinajstić information content (AvgIpc) is 2.74. The Kier molecular flexibility index (Phi) is 6.09. The van der Waals surface area contributed by atoms with Gasteiger partial charge >= 0.3 is 0 Å². The molecule has 0 heterocycles. The van der Waals surface area contributed by atoms with E-state index in [1.165, 1.54) is 25.7 Å². The first-order chi connectivity index (χ1) is 10.9. The van der Waals surface area contributed by atoms with E-state index < -0.39 is 8.32 Å². The second kappa shape index (κ2) is 7.24. The van der Waals surface area contributed by atoms with E-state index in [4.69, 9.17) is 4.43 Å². The fourth-order valence-electron chi connectivity index (χ4n) is 5.39. The van der Waals surface area contributed by atoms with Crippen LogP contribution < -0.4 is 0 Å². The molecule has 0 spiro atoms. The molecular formula is C21H40O2Si. The first-order valence-electron chi connectivity index (χ1n) is 10.0. The minimum Gasteiger partial charge on any atom is -0.413 e. The van der Waals surface area contributed by atoms with E-state index in [1.54, 1.807) is 5.57 Å². The van der Waals surface area contributed by atoms with E-state index in [2.05, 4.69) is 53.4 Å². The van der Waals surface area contributed by atoms with Gasteiger partial charge in [0.1, 0.15) is 0 Å². The summed E-state index contributed by atoms with van der Waals surface area (Å²) in [6.07, 6.45) is 10.5. The molecular weight excluding hydrogens is 312 g/mol. The molecule has 2 aliphatic carbocycles. The van der Waals surface area contributed by atoms with Gasteiger partial charge in [0.25, 0.3) is 0 Å². The largest absolute Gasteiger partial charge is 0.413 e. The lowest BCUT2D eigenvalue weighted by Gasteiger charge is -2.43. The number of rotatable bonds is 7. The topological polar surface area (TPSA) is 29.5 Å². The maximum Gasteiger partial charge on any atom is 0.184 e. The zero-order valence-corrected chi connectivity index (χ0v) is 18.1. The van der Waals surface area contributed by atoms with Gasteiger partial charge in [-0.25, -0.2) is 0 Å². The van der Waals surface area contributed by atoms with Crippen LogP contribution in [0.25, 0.3) is 0 Å². The van der Waals surface area contributed by atoms with Gasteiger partial charge in [-0.2, -0.15) is 0 Å². The van der Waals surface area contributed by atoms with E-state index in [1.807, 2.05) is 0 Å². The van der Waals surface area contributed by atoms with Crippen LogP contribution in [-0.2, 0) is 4.43 Å². The molecule has 0 amide bonds. The van der Waals surface area contributed by atoms with Crippen LogP contribution in [0, 0.1) is 17.3 Å². The Morgan fingerprint density at radius 2 is 2.04 bits per heavy atom. The highest BCUT2D eigenvalue weighted by Crippen LogP contribution is 2.55. The molecule has 4 atom stereocenters. The molecule has 3 heteroatoms. The molecule has 1 fully saturated rings. The van der Waals surface area contributed by atoms with Crippen LogP contribution in [0.1, 0.15) is 72.6 Å². The van der Waals surface area contributed by atoms with Crippen molar-refractivity contribution in [2.75, 3.05) is 0 Å². The van der Waals surface area contributed by atoms with Crippen molar-refractivity contribution in [2.45, 2.75) is 104 Å². The SMILES string of the molecule is C[C@@H](CCCC(C)(C)O[Si](C)(C)C)C1=CCC2C(O)CCC[C@]12C. The van der Waals surface area contributed by atoms with Crippen LogP contribution in [0.5, 0.6) is 0 Å². The number of hydrogen-bond donors (Lipinski definition) is 1. The Balaban J connectivity index is 1.88. The molecule has 2 nitrogen and oxygen atoms in total. The lowest BCUT2D eigenvalue weighted by molar-refractivity contribution is 0.00761. The molecule has 1 N–H and O–H groups in total. The summed E-state index contributed by atoms with van der Waals surface area (Å²) in [5.41, 5.74) is 1.89. The summed E-state index contributed by atoms with van der Waals surface area (Å²) in [4.78, 5) is 0. The lowest BCUT2D eigenvalue weighted by atomic mass is 9.63. The van der Waals surface area contributed by atoms with Crippen molar-refractivity contribution in [1.29, 1.82) is 0 Å². The van der Waals surface area contributed by atoms with Crippen molar-refractivity contribution >= 4 is 8.32 Å². The van der Waals surface area contributed by atoms with Gasteiger partial charge in [-0.1, -0.05) is 31.9 Å². The molecule has 140 valence electrons. The molecule has 0 aromatic heterocycles. The second-order valence-electron chi connectivity index (χ2n) is 10.1. The van der Waals surface area contributed by atoms with Gasteiger partial charge in [0.2, 0.25) is 0 Å². The maximum absolute atomic E-state index is 10.4. The normalized spacial score (nSPS) is 32.4. The average molecular weight is 353 g/mol. The predicted molar refractivity (Wildman–Crippen MR) is 106 cm³/mol. The third-order valence-corrected chi connectivity index (χ3v) is 7.42. The maximum atomic E-state index is 10.4. The zero-order valence-electron chi connectivity index (χ0n) is 17.1. The molecule has 1 saturated carbocycles. The zero-order chi connectivity index (χ0) is 18.2. The molecule has 0 radical (unpaired) electrons. The van der Waals surface area contributed by atoms with E-state index in [0.717, 1.165) is 19.3 Å². The quantitative estimate of drug-likeness (QED) is 0.455. The van der Waals surface area contributed by atoms with Crippen molar-refractivity contribution in [2.24, 2.45) is 17.3 Å². The monoisotopic (exact) mass is 352 g/mol. The standard InChI is InChI=1S/C21H40O2Si/c1-16(10-8-14-20(2,3)23-24(5,6)7)17-12-13-18-19(22)11-9-15-21(17,18)4/h12,16,18-19,22H,8-11,13-15H2,1-7H3/t16-,18?,19?,21+/m0/s1. The van der Waals surface area contributed by atoms with Gasteiger partial charge < -0.3 is 9.53 Å². The van der Waals surface area contributed by atoms with Crippen LogP contribution in [0.3, 0.4) is 0 Å². The second-order valence-corrected chi connectivity index (χ2v) is 14.6. The summed E-state index contributed by atoms with van der Waals surface area (Å²) in [6, 6.07) is 0. The summed E-state index contributed by atoms with van der Waals surface area (Å²) in [5.74, 6) is 1.10. The Morgan fingerprint density at radius 3 is 2.67 bits per heavy atom. The van der Waals surface area contributed by atoms with Gasteiger partial charge in [-0.05, 0) is 89.3 Å². The Bertz CT molecular complexity index is 463. The minimum absolute atomic E-state index is 0.00171. The fourth-order valence-corrected chi connectivity index (χ4v) is 7.15. The van der Waals surface area contributed by atoms with Gasteiger partial charge in [-0.15, -0.1) is 0 Å². The van der Waals surface area contributed by atoms with Crippen molar-refractivity contribution < 1.29 is 9.53 Å². The van der Waals surface area contributed by atoms with E-state index in [9.17, 15) is 5.11 Å². The minimum atomic E-state index is -1.48. The molecule has 0 saturated heterocycles. The Morgan fingerprint density at radius 1 is 1.38 bits per heavy atom. The summed E-state index contributed by atoms with van der Waals surface area (Å²) >= 11 is 0. The van der Waals surface area contributed by atoms with Crippen LogP contribution in [-0.4, -0.2) is 25.1 Å². The van der Waals surface area contributed by atoms with Crippen molar-refractivity contribution in [3.8, 4) is 0 Å². The smallest absolute Gasteiger partial charge is 0.184 e.